The molecule has 1 atom stereocenters. The number of aromatic carboxylic acids is 1. The van der Waals surface area contributed by atoms with Gasteiger partial charge in [-0.25, -0.2) is 9.59 Å². The summed E-state index contributed by atoms with van der Waals surface area (Å²) in [5.41, 5.74) is 0.0354. The van der Waals surface area contributed by atoms with Crippen LogP contribution in [0.2, 0.25) is 0 Å². The molecule has 0 aliphatic carbocycles. The van der Waals surface area contributed by atoms with E-state index in [2.05, 4.69) is 16.0 Å². The second kappa shape index (κ2) is 5.70. The zero-order valence-corrected chi connectivity index (χ0v) is 10.8. The van der Waals surface area contributed by atoms with E-state index in [1.54, 1.807) is 5.38 Å². The summed E-state index contributed by atoms with van der Waals surface area (Å²) in [7, 11) is 0. The van der Waals surface area contributed by atoms with Crippen LogP contribution in [0.1, 0.15) is 23.2 Å². The topological polar surface area (TPSA) is 108 Å². The van der Waals surface area contributed by atoms with Crippen LogP contribution >= 0.6 is 11.3 Å². The van der Waals surface area contributed by atoms with Crippen molar-refractivity contribution in [3.63, 3.8) is 0 Å². The molecule has 1 aromatic rings. The maximum atomic E-state index is 11.7. The van der Waals surface area contributed by atoms with Crippen molar-refractivity contribution in [2.45, 2.75) is 18.9 Å². The van der Waals surface area contributed by atoms with E-state index in [1.165, 1.54) is 6.07 Å². The van der Waals surface area contributed by atoms with Gasteiger partial charge in [0, 0.05) is 6.54 Å². The molecule has 2 heterocycles. The number of piperidine rings is 1. The number of carbonyl (C=O) groups is 3. The highest BCUT2D eigenvalue weighted by atomic mass is 32.1. The number of carboxylic acids is 1. The van der Waals surface area contributed by atoms with Crippen molar-refractivity contribution in [1.29, 1.82) is 0 Å². The number of nitrogens with one attached hydrogen (secondary N) is 3. The normalized spacial score (nSPS) is 18.5. The largest absolute Gasteiger partial charge is 0.478 e. The maximum Gasteiger partial charge on any atom is 0.338 e. The van der Waals surface area contributed by atoms with E-state index in [0.29, 0.717) is 13.0 Å². The van der Waals surface area contributed by atoms with E-state index < -0.39 is 18.0 Å². The van der Waals surface area contributed by atoms with Crippen molar-refractivity contribution in [2.75, 3.05) is 11.9 Å². The van der Waals surface area contributed by atoms with Crippen LogP contribution in [-0.4, -0.2) is 35.6 Å². The minimum atomic E-state index is -1.10. The van der Waals surface area contributed by atoms with Gasteiger partial charge in [-0.05, 0) is 24.3 Å². The van der Waals surface area contributed by atoms with Gasteiger partial charge in [-0.2, -0.15) is 0 Å². The lowest BCUT2D eigenvalue weighted by atomic mass is 10.1. The fraction of sp³-hybridized carbons (Fsp3) is 0.364. The van der Waals surface area contributed by atoms with Crippen molar-refractivity contribution in [2.24, 2.45) is 0 Å². The van der Waals surface area contributed by atoms with Gasteiger partial charge >= 0.3 is 12.0 Å². The molecule has 1 fully saturated rings. The Bertz CT molecular complexity index is 514. The standard InChI is InChI=1S/C11H13N3O4S/c15-8-7(2-1-4-12-8)13-11(18)14-9-6(10(16)17)3-5-19-9/h3,5,7H,1-2,4H2,(H,12,15)(H,16,17)(H2,13,14,18). The van der Waals surface area contributed by atoms with Gasteiger partial charge in [0.2, 0.25) is 5.91 Å². The van der Waals surface area contributed by atoms with Gasteiger partial charge in [-0.15, -0.1) is 11.3 Å². The van der Waals surface area contributed by atoms with Crippen molar-refractivity contribution in [3.8, 4) is 0 Å². The number of hydrogen-bond donors (Lipinski definition) is 4. The Labute approximate surface area is 113 Å². The summed E-state index contributed by atoms with van der Waals surface area (Å²) < 4.78 is 0. The Kier molecular flexibility index (Phi) is 4.00. The smallest absolute Gasteiger partial charge is 0.338 e. The zero-order valence-electron chi connectivity index (χ0n) is 9.93. The van der Waals surface area contributed by atoms with E-state index >= 15 is 0 Å². The number of urea groups is 1. The molecule has 1 aliphatic rings. The first-order chi connectivity index (χ1) is 9.08. The number of anilines is 1. The molecule has 1 aliphatic heterocycles. The van der Waals surface area contributed by atoms with Crippen molar-refractivity contribution >= 4 is 34.2 Å². The van der Waals surface area contributed by atoms with Gasteiger partial charge < -0.3 is 15.7 Å². The van der Waals surface area contributed by atoms with Gasteiger partial charge in [0.25, 0.3) is 0 Å². The molecular formula is C11H13N3O4S. The molecule has 102 valence electrons. The summed E-state index contributed by atoms with van der Waals surface area (Å²) in [5, 5.41) is 18.4. The van der Waals surface area contributed by atoms with Crippen LogP contribution in [0.5, 0.6) is 0 Å². The van der Waals surface area contributed by atoms with E-state index in [4.69, 9.17) is 5.11 Å². The molecule has 4 N–H and O–H groups in total. The third-order valence-corrected chi connectivity index (χ3v) is 3.54. The van der Waals surface area contributed by atoms with Crippen LogP contribution in [-0.2, 0) is 4.79 Å². The number of amides is 3. The summed E-state index contributed by atoms with van der Waals surface area (Å²) >= 11 is 1.12. The average molecular weight is 283 g/mol. The molecule has 0 spiro atoms. The van der Waals surface area contributed by atoms with Gasteiger partial charge in [-0.3, -0.25) is 10.1 Å². The Balaban J connectivity index is 1.95. The Hall–Kier alpha value is -2.09. The fourth-order valence-corrected chi connectivity index (χ4v) is 2.56. The maximum absolute atomic E-state index is 11.7. The number of hydrogen-bond acceptors (Lipinski definition) is 4. The third kappa shape index (κ3) is 3.22. The Morgan fingerprint density at radius 2 is 2.26 bits per heavy atom. The molecule has 0 aromatic carbocycles. The summed E-state index contributed by atoms with van der Waals surface area (Å²) in [5.74, 6) is -1.32. The second-order valence-corrected chi connectivity index (χ2v) is 4.97. The molecule has 1 saturated heterocycles. The van der Waals surface area contributed by atoms with Gasteiger partial charge in [0.05, 0.1) is 5.56 Å². The molecule has 19 heavy (non-hydrogen) atoms. The lowest BCUT2D eigenvalue weighted by Gasteiger charge is -2.22. The van der Waals surface area contributed by atoms with Crippen LogP contribution < -0.4 is 16.0 Å². The SMILES string of the molecule is O=C(Nc1sccc1C(=O)O)NC1CCCNC1=O. The minimum Gasteiger partial charge on any atom is -0.478 e. The molecule has 0 radical (unpaired) electrons. The zero-order chi connectivity index (χ0) is 13.8. The monoisotopic (exact) mass is 283 g/mol. The summed E-state index contributed by atoms with van der Waals surface area (Å²) in [6.07, 6.45) is 1.38. The van der Waals surface area contributed by atoms with Crippen molar-refractivity contribution in [3.05, 3.63) is 17.0 Å². The average Bonchev–Trinajstić information content (AvgIpc) is 2.80. The highest BCUT2D eigenvalue weighted by molar-refractivity contribution is 7.14. The molecule has 3 amide bonds. The fourth-order valence-electron chi connectivity index (χ4n) is 1.78. The third-order valence-electron chi connectivity index (χ3n) is 2.71. The van der Waals surface area contributed by atoms with Crippen molar-refractivity contribution in [1.82, 2.24) is 10.6 Å². The van der Waals surface area contributed by atoms with E-state index in [0.717, 1.165) is 17.8 Å². The first-order valence-corrected chi connectivity index (χ1v) is 6.62. The summed E-state index contributed by atoms with van der Waals surface area (Å²) in [6, 6.07) is 0.268. The van der Waals surface area contributed by atoms with Gasteiger partial charge in [-0.1, -0.05) is 0 Å². The molecule has 8 heteroatoms. The van der Waals surface area contributed by atoms with E-state index in [-0.39, 0.29) is 16.5 Å². The Morgan fingerprint density at radius 3 is 2.95 bits per heavy atom. The molecule has 1 unspecified atom stereocenters. The number of rotatable bonds is 3. The highest BCUT2D eigenvalue weighted by Gasteiger charge is 2.24. The quantitative estimate of drug-likeness (QED) is 0.659. The van der Waals surface area contributed by atoms with Crippen LogP contribution in [0, 0.1) is 0 Å². The van der Waals surface area contributed by atoms with E-state index in [1.807, 2.05) is 0 Å². The molecule has 0 saturated carbocycles. The lowest BCUT2D eigenvalue weighted by molar-refractivity contribution is -0.124. The van der Waals surface area contributed by atoms with Crippen LogP contribution in [0.25, 0.3) is 0 Å². The summed E-state index contributed by atoms with van der Waals surface area (Å²) in [4.78, 5) is 34.1. The number of thiophene rings is 1. The molecule has 1 aromatic heterocycles. The second-order valence-electron chi connectivity index (χ2n) is 4.05. The predicted molar refractivity (Wildman–Crippen MR) is 69.5 cm³/mol. The van der Waals surface area contributed by atoms with Crippen LogP contribution in [0.15, 0.2) is 11.4 Å². The molecular weight excluding hydrogens is 270 g/mol. The first-order valence-electron chi connectivity index (χ1n) is 5.74. The highest BCUT2D eigenvalue weighted by Crippen LogP contribution is 2.22. The summed E-state index contributed by atoms with van der Waals surface area (Å²) in [6.45, 7) is 0.618. The van der Waals surface area contributed by atoms with Gasteiger partial charge in [0.1, 0.15) is 11.0 Å². The van der Waals surface area contributed by atoms with Gasteiger partial charge in [0.15, 0.2) is 0 Å². The number of carboxylic acid groups (broad SMARTS) is 1. The lowest BCUT2D eigenvalue weighted by Crippen LogP contribution is -2.51. The van der Waals surface area contributed by atoms with E-state index in [9.17, 15) is 14.4 Å². The molecule has 0 bridgehead atoms. The predicted octanol–water partition coefficient (Wildman–Crippen LogP) is 0.846. The molecule has 2 rings (SSSR count). The van der Waals surface area contributed by atoms with Crippen LogP contribution in [0.4, 0.5) is 9.80 Å². The van der Waals surface area contributed by atoms with Crippen molar-refractivity contribution < 1.29 is 19.5 Å². The molecule has 7 nitrogen and oxygen atoms in total. The Morgan fingerprint density at radius 1 is 1.47 bits per heavy atom. The number of carbonyl (C=O) groups excluding carboxylic acids is 2. The minimum absolute atomic E-state index is 0.0354. The first kappa shape index (κ1) is 13.3. The van der Waals surface area contributed by atoms with Crippen LogP contribution in [0.3, 0.4) is 0 Å².